The first kappa shape index (κ1) is 19.5. The highest BCUT2D eigenvalue weighted by atomic mass is 35.5. The smallest absolute Gasteiger partial charge is 0.197 e. The summed E-state index contributed by atoms with van der Waals surface area (Å²) in [7, 11) is 1.65. The van der Waals surface area contributed by atoms with Crippen molar-refractivity contribution in [3.05, 3.63) is 80.2 Å². The van der Waals surface area contributed by atoms with Crippen LogP contribution in [-0.2, 0) is 0 Å². The zero-order chi connectivity index (χ0) is 21.0. The van der Waals surface area contributed by atoms with Crippen LogP contribution in [-0.4, -0.2) is 18.7 Å². The molecular formula is C23H12Cl2O3S2. The molecule has 0 N–H and O–H groups in total. The molecule has 0 unspecified atom stereocenters. The summed E-state index contributed by atoms with van der Waals surface area (Å²) in [4.78, 5) is 27.5. The number of allylic oxidation sites excluding steroid dienone is 1. The fraction of sp³-hybridized carbons (Fsp3) is 0.0435. The van der Waals surface area contributed by atoms with Crippen molar-refractivity contribution < 1.29 is 14.3 Å². The fourth-order valence-electron chi connectivity index (χ4n) is 3.41. The van der Waals surface area contributed by atoms with Gasteiger partial charge in [0, 0.05) is 30.3 Å². The van der Waals surface area contributed by atoms with Crippen molar-refractivity contribution in [1.29, 1.82) is 0 Å². The first-order chi connectivity index (χ1) is 14.4. The number of methoxy groups -OCH3 is 1. The topological polar surface area (TPSA) is 43.4 Å². The van der Waals surface area contributed by atoms with Gasteiger partial charge in [-0.15, -0.1) is 22.7 Å². The maximum Gasteiger partial charge on any atom is 0.197 e. The largest absolute Gasteiger partial charge is 0.497 e. The van der Waals surface area contributed by atoms with Gasteiger partial charge in [0.25, 0.3) is 0 Å². The van der Waals surface area contributed by atoms with E-state index in [1.165, 1.54) is 12.1 Å². The van der Waals surface area contributed by atoms with Crippen molar-refractivity contribution in [2.45, 2.75) is 0 Å². The molecule has 30 heavy (non-hydrogen) atoms. The molecule has 2 aromatic heterocycles. The molecule has 148 valence electrons. The lowest BCUT2D eigenvalue weighted by Gasteiger charge is -2.00. The maximum atomic E-state index is 12.7. The molecule has 2 heterocycles. The summed E-state index contributed by atoms with van der Waals surface area (Å²) in [5.74, 6) is 0.189. The SMILES string of the molecule is COc1ccc(-c2cc3sc(C=C4C(=O)c5cc(Cl)c(Cl)cc5C4=O)cc3s2)cc1. The van der Waals surface area contributed by atoms with Crippen LogP contribution in [0.4, 0.5) is 0 Å². The van der Waals surface area contributed by atoms with Gasteiger partial charge in [-0.2, -0.15) is 0 Å². The Kier molecular flexibility index (Phi) is 4.79. The molecule has 0 fully saturated rings. The lowest BCUT2D eigenvalue weighted by Crippen LogP contribution is -1.99. The Morgan fingerprint density at radius 3 is 2.00 bits per heavy atom. The number of carbonyl (C=O) groups excluding carboxylic acids is 2. The second kappa shape index (κ2) is 7.36. The Morgan fingerprint density at radius 1 is 0.833 bits per heavy atom. The molecular weight excluding hydrogens is 459 g/mol. The summed E-state index contributed by atoms with van der Waals surface area (Å²) >= 11 is 15.3. The number of hydrogen-bond acceptors (Lipinski definition) is 5. The van der Waals surface area contributed by atoms with E-state index in [-0.39, 0.29) is 27.2 Å². The Hall–Kier alpha value is -2.44. The number of benzene rings is 2. The van der Waals surface area contributed by atoms with E-state index in [2.05, 4.69) is 6.07 Å². The van der Waals surface area contributed by atoms with Gasteiger partial charge in [0.1, 0.15) is 5.75 Å². The molecule has 2 aromatic carbocycles. The first-order valence-corrected chi connectivity index (χ1v) is 11.3. The van der Waals surface area contributed by atoms with Gasteiger partial charge >= 0.3 is 0 Å². The molecule has 0 saturated heterocycles. The van der Waals surface area contributed by atoms with Gasteiger partial charge in [0.15, 0.2) is 11.6 Å². The van der Waals surface area contributed by atoms with Crippen LogP contribution < -0.4 is 4.74 Å². The Balaban J connectivity index is 1.48. The molecule has 0 atom stereocenters. The molecule has 0 amide bonds. The minimum absolute atomic E-state index is 0.146. The monoisotopic (exact) mass is 470 g/mol. The van der Waals surface area contributed by atoms with Crippen LogP contribution in [0.15, 0.2) is 54.1 Å². The minimum Gasteiger partial charge on any atom is -0.497 e. The van der Waals surface area contributed by atoms with Crippen molar-refractivity contribution in [2.24, 2.45) is 0 Å². The van der Waals surface area contributed by atoms with E-state index >= 15 is 0 Å². The second-order valence-corrected chi connectivity index (χ2v) is 9.76. The van der Waals surface area contributed by atoms with Gasteiger partial charge in [-0.05, 0) is 60.2 Å². The highest BCUT2D eigenvalue weighted by Crippen LogP contribution is 2.40. The average Bonchev–Trinajstić information content (AvgIpc) is 3.37. The van der Waals surface area contributed by atoms with E-state index in [0.717, 1.165) is 30.5 Å². The van der Waals surface area contributed by atoms with Gasteiger partial charge in [-0.1, -0.05) is 23.2 Å². The first-order valence-electron chi connectivity index (χ1n) is 8.92. The van der Waals surface area contributed by atoms with Crippen molar-refractivity contribution in [1.82, 2.24) is 0 Å². The van der Waals surface area contributed by atoms with Gasteiger partial charge in [0.2, 0.25) is 0 Å². The molecule has 0 aliphatic heterocycles. The summed E-state index contributed by atoms with van der Waals surface area (Å²) < 4.78 is 7.43. The second-order valence-electron chi connectivity index (χ2n) is 6.74. The molecule has 7 heteroatoms. The molecule has 5 rings (SSSR count). The van der Waals surface area contributed by atoms with Gasteiger partial charge in [-0.25, -0.2) is 0 Å². The number of carbonyl (C=O) groups is 2. The Morgan fingerprint density at radius 2 is 1.43 bits per heavy atom. The number of halogens is 2. The van der Waals surface area contributed by atoms with E-state index < -0.39 is 0 Å². The Labute approximate surface area is 190 Å². The third-order valence-electron chi connectivity index (χ3n) is 4.93. The third kappa shape index (κ3) is 3.19. The zero-order valence-corrected chi connectivity index (χ0v) is 18.6. The molecule has 0 radical (unpaired) electrons. The molecule has 0 bridgehead atoms. The lowest BCUT2D eigenvalue weighted by molar-refractivity contribution is 0.0990. The lowest BCUT2D eigenvalue weighted by atomic mass is 10.1. The molecule has 1 aliphatic carbocycles. The van der Waals surface area contributed by atoms with Gasteiger partial charge < -0.3 is 4.74 Å². The number of rotatable bonds is 3. The van der Waals surface area contributed by atoms with Crippen LogP contribution in [0.3, 0.4) is 0 Å². The number of thiophene rings is 2. The third-order valence-corrected chi connectivity index (χ3v) is 7.94. The average molecular weight is 471 g/mol. The number of fused-ring (bicyclic) bond motifs is 2. The number of Topliss-reactive ketones (excluding diaryl/α,β-unsaturated/α-hetero) is 2. The van der Waals surface area contributed by atoms with Crippen LogP contribution in [0.2, 0.25) is 10.0 Å². The van der Waals surface area contributed by atoms with E-state index in [1.807, 2.05) is 30.3 Å². The summed E-state index contributed by atoms with van der Waals surface area (Å²) in [6.07, 6.45) is 1.66. The zero-order valence-electron chi connectivity index (χ0n) is 15.5. The van der Waals surface area contributed by atoms with Crippen molar-refractivity contribution >= 4 is 72.9 Å². The number of hydrogen-bond donors (Lipinski definition) is 0. The number of ketones is 2. The predicted octanol–water partition coefficient (Wildman–Crippen LogP) is 7.41. The quantitative estimate of drug-likeness (QED) is 0.231. The summed E-state index contributed by atoms with van der Waals surface area (Å²) in [5.41, 5.74) is 1.88. The van der Waals surface area contributed by atoms with E-state index in [1.54, 1.807) is 35.9 Å². The van der Waals surface area contributed by atoms with Gasteiger partial charge in [-0.3, -0.25) is 9.59 Å². The van der Waals surface area contributed by atoms with Crippen LogP contribution in [0.1, 0.15) is 25.6 Å². The van der Waals surface area contributed by atoms with E-state index in [0.29, 0.717) is 11.1 Å². The number of ether oxygens (including phenoxy) is 1. The van der Waals surface area contributed by atoms with E-state index in [4.69, 9.17) is 27.9 Å². The normalized spacial score (nSPS) is 13.2. The molecule has 3 nitrogen and oxygen atoms in total. The fourth-order valence-corrected chi connectivity index (χ4v) is 6.10. The summed E-state index contributed by atoms with van der Waals surface area (Å²) in [5, 5.41) is 0.529. The predicted molar refractivity (Wildman–Crippen MR) is 125 cm³/mol. The van der Waals surface area contributed by atoms with Crippen LogP contribution in [0, 0.1) is 0 Å². The summed E-state index contributed by atoms with van der Waals surface area (Å²) in [6, 6.07) is 15.0. The highest BCUT2D eigenvalue weighted by molar-refractivity contribution is 7.29. The highest BCUT2D eigenvalue weighted by Gasteiger charge is 2.34. The van der Waals surface area contributed by atoms with Crippen molar-refractivity contribution in [2.75, 3.05) is 7.11 Å². The molecule has 0 spiro atoms. The standard InChI is InChI=1S/C23H12Cl2O3S2/c1-28-12-4-2-11(3-5-12)19-10-21-20(30-19)7-13(29-21)6-16-22(26)14-8-17(24)18(25)9-15(14)23(16)27/h2-10H,1H3. The Bertz CT molecular complexity index is 1300. The minimum atomic E-state index is -0.316. The van der Waals surface area contributed by atoms with E-state index in [9.17, 15) is 9.59 Å². The van der Waals surface area contributed by atoms with Crippen molar-refractivity contribution in [3.63, 3.8) is 0 Å². The summed E-state index contributed by atoms with van der Waals surface area (Å²) in [6.45, 7) is 0. The maximum absolute atomic E-state index is 12.7. The molecule has 4 aromatic rings. The molecule has 1 aliphatic rings. The van der Waals surface area contributed by atoms with Crippen LogP contribution in [0.5, 0.6) is 5.75 Å². The van der Waals surface area contributed by atoms with Crippen LogP contribution >= 0.6 is 45.9 Å². The van der Waals surface area contributed by atoms with Gasteiger partial charge in [0.05, 0.1) is 22.7 Å². The molecule has 0 saturated carbocycles. The van der Waals surface area contributed by atoms with Crippen molar-refractivity contribution in [3.8, 4) is 16.2 Å². The van der Waals surface area contributed by atoms with Crippen LogP contribution in [0.25, 0.3) is 25.9 Å².